The highest BCUT2D eigenvalue weighted by Gasteiger charge is 2.11. The first-order valence-corrected chi connectivity index (χ1v) is 7.45. The van der Waals surface area contributed by atoms with Crippen molar-refractivity contribution in [2.75, 3.05) is 13.7 Å². The van der Waals surface area contributed by atoms with Gasteiger partial charge in [0.25, 0.3) is 0 Å². The largest absolute Gasteiger partial charge is 0.383 e. The Bertz CT molecular complexity index is 615. The molecule has 1 heterocycles. The number of ether oxygens (including phenoxy) is 1. The first-order valence-electron chi connectivity index (χ1n) is 6.57. The summed E-state index contributed by atoms with van der Waals surface area (Å²) in [5.41, 5.74) is 1.40. The van der Waals surface area contributed by atoms with Gasteiger partial charge in [-0.05, 0) is 19.1 Å². The van der Waals surface area contributed by atoms with Crippen LogP contribution in [0.25, 0.3) is 10.6 Å². The highest BCUT2D eigenvalue weighted by atomic mass is 32.1. The van der Waals surface area contributed by atoms with E-state index in [4.69, 9.17) is 4.74 Å². The minimum absolute atomic E-state index is 0.0381. The Morgan fingerprint density at radius 3 is 3.05 bits per heavy atom. The van der Waals surface area contributed by atoms with Gasteiger partial charge < -0.3 is 10.1 Å². The molecule has 21 heavy (non-hydrogen) atoms. The second kappa shape index (κ2) is 7.28. The van der Waals surface area contributed by atoms with Gasteiger partial charge >= 0.3 is 0 Å². The van der Waals surface area contributed by atoms with Crippen LogP contribution in [0.1, 0.15) is 12.6 Å². The number of rotatable bonds is 6. The van der Waals surface area contributed by atoms with Gasteiger partial charge in [-0.1, -0.05) is 12.1 Å². The molecule has 6 heteroatoms. The number of hydrogen-bond acceptors (Lipinski definition) is 4. The van der Waals surface area contributed by atoms with E-state index in [-0.39, 0.29) is 24.2 Å². The summed E-state index contributed by atoms with van der Waals surface area (Å²) >= 11 is 1.40. The number of aromatic nitrogens is 1. The van der Waals surface area contributed by atoms with E-state index in [1.807, 2.05) is 12.3 Å². The van der Waals surface area contributed by atoms with Crippen LogP contribution < -0.4 is 5.32 Å². The lowest BCUT2D eigenvalue weighted by Gasteiger charge is -2.11. The van der Waals surface area contributed by atoms with Crippen LogP contribution in [0.5, 0.6) is 0 Å². The molecule has 0 aliphatic carbocycles. The number of carbonyl (C=O) groups excluding carboxylic acids is 1. The van der Waals surface area contributed by atoms with Crippen molar-refractivity contribution >= 4 is 17.2 Å². The second-order valence-electron chi connectivity index (χ2n) is 4.76. The minimum Gasteiger partial charge on any atom is -0.383 e. The molecular formula is C15H17FN2O2S. The van der Waals surface area contributed by atoms with Gasteiger partial charge in [0.15, 0.2) is 0 Å². The molecule has 2 rings (SSSR count). The van der Waals surface area contributed by atoms with Crippen LogP contribution in [0.2, 0.25) is 0 Å². The Kier molecular flexibility index (Phi) is 5.41. The number of thiazole rings is 1. The lowest BCUT2D eigenvalue weighted by atomic mass is 10.2. The molecule has 0 fully saturated rings. The number of carbonyl (C=O) groups is 1. The molecule has 0 saturated heterocycles. The van der Waals surface area contributed by atoms with Crippen molar-refractivity contribution in [1.82, 2.24) is 10.3 Å². The lowest BCUT2D eigenvalue weighted by molar-refractivity contribution is -0.121. The summed E-state index contributed by atoms with van der Waals surface area (Å²) in [6, 6.07) is 6.23. The number of methoxy groups -OCH3 is 1. The van der Waals surface area contributed by atoms with Gasteiger partial charge in [-0.2, -0.15) is 0 Å². The van der Waals surface area contributed by atoms with Gasteiger partial charge in [-0.3, -0.25) is 4.79 Å². The summed E-state index contributed by atoms with van der Waals surface area (Å²) in [5.74, 6) is -0.397. The zero-order chi connectivity index (χ0) is 15.2. The van der Waals surface area contributed by atoms with Crippen LogP contribution in [0.4, 0.5) is 4.39 Å². The molecule has 112 valence electrons. The quantitative estimate of drug-likeness (QED) is 0.892. The molecule has 0 radical (unpaired) electrons. The average Bonchev–Trinajstić information content (AvgIpc) is 2.87. The van der Waals surface area contributed by atoms with E-state index in [1.165, 1.54) is 23.5 Å². The fourth-order valence-electron chi connectivity index (χ4n) is 1.92. The van der Waals surface area contributed by atoms with Crippen molar-refractivity contribution in [3.63, 3.8) is 0 Å². The molecular weight excluding hydrogens is 291 g/mol. The molecule has 0 spiro atoms. The van der Waals surface area contributed by atoms with Gasteiger partial charge in [0.05, 0.1) is 18.7 Å². The molecule has 0 aliphatic heterocycles. The molecule has 0 unspecified atom stereocenters. The van der Waals surface area contributed by atoms with E-state index in [0.29, 0.717) is 17.3 Å². The fourth-order valence-corrected chi connectivity index (χ4v) is 2.74. The number of benzene rings is 1. The maximum Gasteiger partial charge on any atom is 0.226 e. The van der Waals surface area contributed by atoms with Crippen molar-refractivity contribution < 1.29 is 13.9 Å². The van der Waals surface area contributed by atoms with Crippen LogP contribution in [-0.4, -0.2) is 30.6 Å². The summed E-state index contributed by atoms with van der Waals surface area (Å²) in [5, 5.41) is 5.36. The molecule has 0 bridgehead atoms. The van der Waals surface area contributed by atoms with Gasteiger partial charge in [-0.25, -0.2) is 9.37 Å². The Hall–Kier alpha value is -1.79. The molecule has 1 aromatic carbocycles. The molecule has 1 N–H and O–H groups in total. The zero-order valence-corrected chi connectivity index (χ0v) is 12.7. The predicted octanol–water partition coefficient (Wildman–Crippen LogP) is 2.64. The average molecular weight is 308 g/mol. The molecule has 1 aromatic heterocycles. The normalized spacial score (nSPS) is 12.1. The minimum atomic E-state index is -0.296. The summed E-state index contributed by atoms with van der Waals surface area (Å²) < 4.78 is 18.2. The summed E-state index contributed by atoms with van der Waals surface area (Å²) in [4.78, 5) is 16.2. The molecule has 1 atom stereocenters. The van der Waals surface area contributed by atoms with E-state index in [2.05, 4.69) is 10.3 Å². The number of nitrogens with zero attached hydrogens (tertiary/aromatic N) is 1. The van der Waals surface area contributed by atoms with Crippen molar-refractivity contribution in [1.29, 1.82) is 0 Å². The monoisotopic (exact) mass is 308 g/mol. The third-order valence-corrected chi connectivity index (χ3v) is 3.73. The maximum atomic E-state index is 13.2. The van der Waals surface area contributed by atoms with E-state index >= 15 is 0 Å². The lowest BCUT2D eigenvalue weighted by Crippen LogP contribution is -2.36. The van der Waals surface area contributed by atoms with E-state index in [9.17, 15) is 9.18 Å². The Morgan fingerprint density at radius 2 is 2.33 bits per heavy atom. The Labute approximate surface area is 127 Å². The Balaban J connectivity index is 1.99. The van der Waals surface area contributed by atoms with Crippen molar-refractivity contribution in [2.24, 2.45) is 0 Å². The fraction of sp³-hybridized carbons (Fsp3) is 0.333. The van der Waals surface area contributed by atoms with Crippen LogP contribution in [0, 0.1) is 5.82 Å². The molecule has 0 aliphatic rings. The number of amides is 1. The highest BCUT2D eigenvalue weighted by molar-refractivity contribution is 7.13. The first-order chi connectivity index (χ1) is 10.1. The number of halogens is 1. The van der Waals surface area contributed by atoms with E-state index < -0.39 is 0 Å². The smallest absolute Gasteiger partial charge is 0.226 e. The van der Waals surface area contributed by atoms with Crippen molar-refractivity contribution in [3.8, 4) is 10.6 Å². The third kappa shape index (κ3) is 4.61. The number of nitrogens with one attached hydrogen (secondary N) is 1. The number of hydrogen-bond donors (Lipinski definition) is 1. The van der Waals surface area contributed by atoms with Crippen LogP contribution >= 0.6 is 11.3 Å². The van der Waals surface area contributed by atoms with Gasteiger partial charge in [0, 0.05) is 24.1 Å². The van der Waals surface area contributed by atoms with Gasteiger partial charge in [0.2, 0.25) is 5.91 Å². The highest BCUT2D eigenvalue weighted by Crippen LogP contribution is 2.24. The van der Waals surface area contributed by atoms with E-state index in [0.717, 1.165) is 5.56 Å². The van der Waals surface area contributed by atoms with Gasteiger partial charge in [-0.15, -0.1) is 11.3 Å². The second-order valence-corrected chi connectivity index (χ2v) is 5.61. The van der Waals surface area contributed by atoms with E-state index in [1.54, 1.807) is 19.2 Å². The topological polar surface area (TPSA) is 51.2 Å². The predicted molar refractivity (Wildman–Crippen MR) is 80.7 cm³/mol. The SMILES string of the molecule is COC[C@@H](C)NC(=O)Cc1csc(-c2cccc(F)c2)n1. The van der Waals surface area contributed by atoms with Crippen molar-refractivity contribution in [2.45, 2.75) is 19.4 Å². The zero-order valence-electron chi connectivity index (χ0n) is 11.9. The standard InChI is InChI=1S/C15H17FN2O2S/c1-10(8-20-2)17-14(19)7-13-9-21-15(18-13)11-4-3-5-12(16)6-11/h3-6,9-10H,7-8H2,1-2H3,(H,17,19)/t10-/m1/s1. The summed E-state index contributed by atoms with van der Waals surface area (Å²) in [6.45, 7) is 2.35. The summed E-state index contributed by atoms with van der Waals surface area (Å²) in [6.07, 6.45) is 0.208. The van der Waals surface area contributed by atoms with Crippen LogP contribution in [0.15, 0.2) is 29.6 Å². The molecule has 4 nitrogen and oxygen atoms in total. The molecule has 1 amide bonds. The van der Waals surface area contributed by atoms with Gasteiger partial charge in [0.1, 0.15) is 10.8 Å². The van der Waals surface area contributed by atoms with Crippen LogP contribution in [0.3, 0.4) is 0 Å². The van der Waals surface area contributed by atoms with Crippen molar-refractivity contribution in [3.05, 3.63) is 41.2 Å². The summed E-state index contributed by atoms with van der Waals surface area (Å²) in [7, 11) is 1.59. The first kappa shape index (κ1) is 15.6. The van der Waals surface area contributed by atoms with Crippen LogP contribution in [-0.2, 0) is 16.0 Å². The Morgan fingerprint density at radius 1 is 1.52 bits per heavy atom. The maximum absolute atomic E-state index is 13.2. The molecule has 0 saturated carbocycles. The third-order valence-electron chi connectivity index (χ3n) is 2.79. The molecule has 2 aromatic rings.